The van der Waals surface area contributed by atoms with E-state index in [0.717, 1.165) is 10.9 Å². The maximum absolute atomic E-state index is 12.4. The first-order valence-corrected chi connectivity index (χ1v) is 6.50. The van der Waals surface area contributed by atoms with Crippen LogP contribution in [0, 0.1) is 5.92 Å². The minimum atomic E-state index is -0.407. The molecular weight excluding hydrogens is 284 g/mol. The highest BCUT2D eigenvalue weighted by molar-refractivity contribution is 9.10. The topological polar surface area (TPSA) is 35.5 Å². The van der Waals surface area contributed by atoms with Crippen LogP contribution < -0.4 is 4.74 Å². The van der Waals surface area contributed by atoms with Crippen molar-refractivity contribution >= 4 is 21.7 Å². The van der Waals surface area contributed by atoms with Crippen LogP contribution in [0.25, 0.3) is 0 Å². The minimum Gasteiger partial charge on any atom is -0.486 e. The fourth-order valence-electron chi connectivity index (χ4n) is 2.52. The van der Waals surface area contributed by atoms with E-state index in [1.807, 2.05) is 25.1 Å². The molecule has 2 aliphatic heterocycles. The summed E-state index contributed by atoms with van der Waals surface area (Å²) in [5, 5.41) is 0. The molecule has 2 atom stereocenters. The predicted octanol–water partition coefficient (Wildman–Crippen LogP) is 2.82. The second kappa shape index (κ2) is 3.82. The van der Waals surface area contributed by atoms with Gasteiger partial charge in [-0.15, -0.1) is 0 Å². The number of Topliss-reactive ketones (excluding diaryl/α,β-unsaturated/α-hetero) is 1. The van der Waals surface area contributed by atoms with E-state index in [4.69, 9.17) is 9.47 Å². The molecule has 0 bridgehead atoms. The normalized spacial score (nSPS) is 31.4. The zero-order valence-corrected chi connectivity index (χ0v) is 11.1. The summed E-state index contributed by atoms with van der Waals surface area (Å²) < 4.78 is 12.3. The highest BCUT2D eigenvalue weighted by Gasteiger charge is 2.48. The summed E-state index contributed by atoms with van der Waals surface area (Å²) in [6, 6.07) is 5.58. The van der Waals surface area contributed by atoms with Crippen molar-refractivity contribution in [1.82, 2.24) is 0 Å². The molecule has 2 aliphatic rings. The summed E-state index contributed by atoms with van der Waals surface area (Å²) in [5.74, 6) is 0.645. The lowest BCUT2D eigenvalue weighted by Gasteiger charge is -2.44. The van der Waals surface area contributed by atoms with Crippen molar-refractivity contribution in [3.05, 3.63) is 28.2 Å². The lowest BCUT2D eigenvalue weighted by molar-refractivity contribution is -0.0769. The van der Waals surface area contributed by atoms with Crippen molar-refractivity contribution in [3.63, 3.8) is 0 Å². The van der Waals surface area contributed by atoms with Crippen LogP contribution in [0.4, 0.5) is 0 Å². The van der Waals surface area contributed by atoms with E-state index in [2.05, 4.69) is 15.9 Å². The molecule has 4 heteroatoms. The molecule has 1 fully saturated rings. The van der Waals surface area contributed by atoms with E-state index in [0.29, 0.717) is 24.5 Å². The third-order valence-electron chi connectivity index (χ3n) is 3.63. The van der Waals surface area contributed by atoms with Crippen molar-refractivity contribution in [2.24, 2.45) is 5.92 Å². The van der Waals surface area contributed by atoms with Crippen molar-refractivity contribution in [2.75, 3.05) is 13.2 Å². The van der Waals surface area contributed by atoms with Gasteiger partial charge in [0.1, 0.15) is 11.4 Å². The molecule has 0 N–H and O–H groups in total. The molecule has 0 aromatic heterocycles. The lowest BCUT2D eigenvalue weighted by atomic mass is 9.77. The van der Waals surface area contributed by atoms with Gasteiger partial charge in [0.05, 0.1) is 24.7 Å². The average molecular weight is 297 g/mol. The molecule has 0 amide bonds. The fraction of sp³-hybridized carbons (Fsp3) is 0.462. The van der Waals surface area contributed by atoms with E-state index in [-0.39, 0.29) is 11.7 Å². The Labute approximate surface area is 108 Å². The Morgan fingerprint density at radius 2 is 2.29 bits per heavy atom. The molecule has 17 heavy (non-hydrogen) atoms. The van der Waals surface area contributed by atoms with Crippen LogP contribution in [0.15, 0.2) is 22.7 Å². The number of benzene rings is 1. The standard InChI is InChI=1S/C13H13BrO3/c1-13-4-5-16-7-10(13)12(15)9-6-8(14)2-3-11(9)17-13/h2-3,6,10H,4-5,7H2,1H3/t10?,13-/m0/s1. The first-order valence-electron chi connectivity index (χ1n) is 5.71. The highest BCUT2D eigenvalue weighted by atomic mass is 79.9. The Bertz CT molecular complexity index is 486. The monoisotopic (exact) mass is 296 g/mol. The number of carbonyl (C=O) groups excluding carboxylic acids is 1. The van der Waals surface area contributed by atoms with Crippen LogP contribution in [0.5, 0.6) is 5.75 Å². The van der Waals surface area contributed by atoms with Gasteiger partial charge in [-0.3, -0.25) is 4.79 Å². The molecule has 3 nitrogen and oxygen atoms in total. The van der Waals surface area contributed by atoms with Gasteiger partial charge in [0, 0.05) is 10.9 Å². The summed E-state index contributed by atoms with van der Waals surface area (Å²) in [6.07, 6.45) is 0.763. The predicted molar refractivity (Wildman–Crippen MR) is 66.4 cm³/mol. The Hall–Kier alpha value is -0.870. The summed E-state index contributed by atoms with van der Waals surface area (Å²) in [7, 11) is 0. The van der Waals surface area contributed by atoms with Gasteiger partial charge in [-0.1, -0.05) is 15.9 Å². The summed E-state index contributed by atoms with van der Waals surface area (Å²) in [5.41, 5.74) is 0.253. The maximum Gasteiger partial charge on any atom is 0.176 e. The zero-order chi connectivity index (χ0) is 12.0. The van der Waals surface area contributed by atoms with Crippen LogP contribution in [0.3, 0.4) is 0 Å². The number of ether oxygens (including phenoxy) is 2. The van der Waals surface area contributed by atoms with E-state index in [1.54, 1.807) is 0 Å². The average Bonchev–Trinajstić information content (AvgIpc) is 2.30. The summed E-state index contributed by atoms with van der Waals surface area (Å²) >= 11 is 3.38. The second-order valence-electron chi connectivity index (χ2n) is 4.80. The van der Waals surface area contributed by atoms with Crippen LogP contribution >= 0.6 is 15.9 Å². The molecular formula is C13H13BrO3. The van der Waals surface area contributed by atoms with Gasteiger partial charge in [-0.25, -0.2) is 0 Å². The van der Waals surface area contributed by atoms with Crippen molar-refractivity contribution in [1.29, 1.82) is 0 Å². The number of hydrogen-bond acceptors (Lipinski definition) is 3. The summed E-state index contributed by atoms with van der Waals surface area (Å²) in [4.78, 5) is 12.4. The molecule has 0 radical (unpaired) electrons. The largest absolute Gasteiger partial charge is 0.486 e. The van der Waals surface area contributed by atoms with Crippen LogP contribution in [-0.4, -0.2) is 24.6 Å². The van der Waals surface area contributed by atoms with E-state index in [1.165, 1.54) is 0 Å². The third-order valence-corrected chi connectivity index (χ3v) is 4.12. The van der Waals surface area contributed by atoms with Gasteiger partial charge in [0.2, 0.25) is 0 Å². The van der Waals surface area contributed by atoms with Gasteiger partial charge < -0.3 is 9.47 Å². The van der Waals surface area contributed by atoms with E-state index < -0.39 is 5.60 Å². The number of halogens is 1. The third kappa shape index (κ3) is 1.70. The van der Waals surface area contributed by atoms with E-state index in [9.17, 15) is 4.79 Å². The number of carbonyl (C=O) groups is 1. The smallest absolute Gasteiger partial charge is 0.176 e. The van der Waals surface area contributed by atoms with Gasteiger partial charge in [0.25, 0.3) is 0 Å². The van der Waals surface area contributed by atoms with Crippen LogP contribution in [0.2, 0.25) is 0 Å². The Morgan fingerprint density at radius 1 is 1.47 bits per heavy atom. The first-order chi connectivity index (χ1) is 8.10. The van der Waals surface area contributed by atoms with Gasteiger partial charge >= 0.3 is 0 Å². The highest BCUT2D eigenvalue weighted by Crippen LogP contribution is 2.41. The lowest BCUT2D eigenvalue weighted by Crippen LogP contribution is -2.53. The Morgan fingerprint density at radius 3 is 3.12 bits per heavy atom. The Balaban J connectivity index is 2.09. The maximum atomic E-state index is 12.4. The van der Waals surface area contributed by atoms with Crippen molar-refractivity contribution in [3.8, 4) is 5.75 Å². The number of fused-ring (bicyclic) bond motifs is 2. The molecule has 1 unspecified atom stereocenters. The molecule has 0 saturated carbocycles. The van der Waals surface area contributed by atoms with Crippen molar-refractivity contribution in [2.45, 2.75) is 18.9 Å². The van der Waals surface area contributed by atoms with Crippen molar-refractivity contribution < 1.29 is 14.3 Å². The molecule has 1 aromatic carbocycles. The quantitative estimate of drug-likeness (QED) is 0.738. The molecule has 2 heterocycles. The molecule has 0 spiro atoms. The fourth-order valence-corrected chi connectivity index (χ4v) is 2.89. The number of rotatable bonds is 0. The SMILES string of the molecule is C[C@]12CCOCC1C(=O)c1cc(Br)ccc1O2. The summed E-state index contributed by atoms with van der Waals surface area (Å²) in [6.45, 7) is 3.12. The molecule has 0 aliphatic carbocycles. The Kier molecular flexibility index (Phi) is 2.52. The molecule has 1 aromatic rings. The van der Waals surface area contributed by atoms with Gasteiger partial charge in [0.15, 0.2) is 5.78 Å². The van der Waals surface area contributed by atoms with E-state index >= 15 is 0 Å². The minimum absolute atomic E-state index is 0.134. The zero-order valence-electron chi connectivity index (χ0n) is 9.53. The molecule has 90 valence electrons. The number of hydrogen-bond donors (Lipinski definition) is 0. The van der Waals surface area contributed by atoms with Gasteiger partial charge in [-0.05, 0) is 25.1 Å². The van der Waals surface area contributed by atoms with Crippen LogP contribution in [0.1, 0.15) is 23.7 Å². The van der Waals surface area contributed by atoms with Crippen LogP contribution in [-0.2, 0) is 4.74 Å². The molecule has 1 saturated heterocycles. The van der Waals surface area contributed by atoms with Gasteiger partial charge in [-0.2, -0.15) is 0 Å². The number of ketones is 1. The molecule has 3 rings (SSSR count). The second-order valence-corrected chi connectivity index (χ2v) is 5.71. The first kappa shape index (κ1) is 11.2.